The molecule has 13 heteroatoms. The van der Waals surface area contributed by atoms with E-state index in [1.807, 2.05) is 41.5 Å². The van der Waals surface area contributed by atoms with Gasteiger partial charge in [0.15, 0.2) is 0 Å². The molecular weight excluding hydrogens is 562 g/mol. The van der Waals surface area contributed by atoms with Crippen LogP contribution in [0.2, 0.25) is 0 Å². The number of carboxylic acid groups (broad SMARTS) is 1. The standard InChI is InChI=1S/C11H15ClO3.C10H13ClO3.C6H6O3.Li.H2O/c1-11(2,3)9-7(6-12)5-8(15-9)10(13)14-4;1-10(2,3)8-6(5-11)4-7(14-8)9(12)13;1-8-6(7)5-3-2-4-9-5;;/h5H,6H2,1-4H3;4H,5H2,1-3H3,(H,12,13);2-4H,1H3;;1H2/q;;;+1;/p-1. The third-order valence-corrected chi connectivity index (χ3v) is 5.35. The molecule has 0 aliphatic carbocycles. The van der Waals surface area contributed by atoms with Crippen LogP contribution < -0.4 is 18.9 Å². The van der Waals surface area contributed by atoms with E-state index < -0.39 is 17.9 Å². The van der Waals surface area contributed by atoms with Crippen molar-refractivity contribution in [1.82, 2.24) is 0 Å². The molecule has 0 spiro atoms. The zero-order valence-corrected chi connectivity index (χ0v) is 25.7. The monoisotopic (exact) mass is 596 g/mol. The van der Waals surface area contributed by atoms with Crippen molar-refractivity contribution < 1.29 is 66.6 Å². The molecule has 3 rings (SSSR count). The number of alkyl halides is 2. The fourth-order valence-electron chi connectivity index (χ4n) is 3.13. The van der Waals surface area contributed by atoms with Gasteiger partial charge in [-0.15, -0.1) is 23.2 Å². The van der Waals surface area contributed by atoms with Crippen molar-refractivity contribution in [2.24, 2.45) is 0 Å². The van der Waals surface area contributed by atoms with Crippen LogP contribution in [-0.2, 0) is 32.1 Å². The number of hydrogen-bond donors (Lipinski definition) is 1. The predicted octanol–water partition coefficient (Wildman–Crippen LogP) is 4.01. The Morgan fingerprint density at radius 1 is 0.800 bits per heavy atom. The molecule has 0 bridgehead atoms. The number of hydrogen-bond acceptors (Lipinski definition) is 9. The molecule has 0 saturated heterocycles. The Morgan fingerprint density at radius 2 is 1.20 bits per heavy atom. The first-order valence-corrected chi connectivity index (χ1v) is 12.5. The maximum Gasteiger partial charge on any atom is 1.00 e. The number of aromatic carboxylic acids is 1. The fourth-order valence-corrected chi connectivity index (χ4v) is 3.52. The first-order valence-electron chi connectivity index (χ1n) is 11.4. The molecule has 3 aromatic heterocycles. The van der Waals surface area contributed by atoms with Gasteiger partial charge in [0.1, 0.15) is 11.5 Å². The number of furan rings is 3. The first kappa shape index (κ1) is 39.5. The number of halogens is 2. The minimum absolute atomic E-state index is 0. The maximum atomic E-state index is 11.3. The first-order chi connectivity index (χ1) is 17.6. The third kappa shape index (κ3) is 11.5. The van der Waals surface area contributed by atoms with Crippen molar-refractivity contribution in [1.29, 1.82) is 0 Å². The summed E-state index contributed by atoms with van der Waals surface area (Å²) >= 11 is 11.5. The third-order valence-electron chi connectivity index (χ3n) is 4.77. The van der Waals surface area contributed by atoms with Gasteiger partial charge >= 0.3 is 36.8 Å². The summed E-state index contributed by atoms with van der Waals surface area (Å²) in [5.74, 6) is 0.379. The molecule has 0 fully saturated rings. The van der Waals surface area contributed by atoms with Gasteiger partial charge < -0.3 is 33.3 Å². The Kier molecular flexibility index (Phi) is 17.1. The molecule has 0 radical (unpaired) electrons. The second kappa shape index (κ2) is 17.3. The Hall–Kier alpha value is -2.61. The van der Waals surface area contributed by atoms with Gasteiger partial charge in [0.25, 0.3) is 0 Å². The predicted molar refractivity (Wildman–Crippen MR) is 144 cm³/mol. The van der Waals surface area contributed by atoms with E-state index in [1.54, 1.807) is 18.2 Å². The Bertz CT molecular complexity index is 1200. The quantitative estimate of drug-likeness (QED) is 0.259. The molecular formula is C27H35Cl2LiO10. The zero-order valence-electron chi connectivity index (χ0n) is 24.2. The van der Waals surface area contributed by atoms with Crippen LogP contribution in [0.1, 0.15) is 95.9 Å². The zero-order chi connectivity index (χ0) is 29.3. The molecule has 0 aliphatic rings. The molecule has 40 heavy (non-hydrogen) atoms. The molecule has 0 aromatic carbocycles. The minimum Gasteiger partial charge on any atom is -0.870 e. The van der Waals surface area contributed by atoms with E-state index in [4.69, 9.17) is 41.6 Å². The second-order valence-corrected chi connectivity index (χ2v) is 10.5. The van der Waals surface area contributed by atoms with Gasteiger partial charge in [-0.1, -0.05) is 41.5 Å². The molecule has 2 N–H and O–H groups in total. The fraction of sp³-hybridized carbons (Fsp3) is 0.444. The van der Waals surface area contributed by atoms with Crippen molar-refractivity contribution in [3.8, 4) is 0 Å². The summed E-state index contributed by atoms with van der Waals surface area (Å²) in [6.07, 6.45) is 1.42. The second-order valence-electron chi connectivity index (χ2n) is 9.96. The van der Waals surface area contributed by atoms with Crippen LogP contribution in [0.25, 0.3) is 0 Å². The van der Waals surface area contributed by atoms with Gasteiger partial charge in [0.2, 0.25) is 17.3 Å². The summed E-state index contributed by atoms with van der Waals surface area (Å²) < 4.78 is 24.4. The van der Waals surface area contributed by atoms with Gasteiger partial charge in [-0.3, -0.25) is 0 Å². The summed E-state index contributed by atoms with van der Waals surface area (Å²) in [4.78, 5) is 32.5. The van der Waals surface area contributed by atoms with E-state index in [0.717, 1.165) is 16.9 Å². The number of rotatable bonds is 5. The molecule has 0 amide bonds. The minimum atomic E-state index is -1.06. The molecule has 218 valence electrons. The van der Waals surface area contributed by atoms with Crippen LogP contribution in [0.15, 0.2) is 43.8 Å². The number of esters is 2. The van der Waals surface area contributed by atoms with Crippen LogP contribution in [0.5, 0.6) is 0 Å². The van der Waals surface area contributed by atoms with Crippen molar-refractivity contribution in [2.75, 3.05) is 14.2 Å². The van der Waals surface area contributed by atoms with Crippen molar-refractivity contribution in [2.45, 2.75) is 64.1 Å². The molecule has 0 unspecified atom stereocenters. The van der Waals surface area contributed by atoms with E-state index in [2.05, 4.69) is 9.47 Å². The number of methoxy groups -OCH3 is 2. The topological polar surface area (TPSA) is 159 Å². The molecule has 3 aromatic rings. The van der Waals surface area contributed by atoms with Gasteiger partial charge in [-0.05, 0) is 24.3 Å². The summed E-state index contributed by atoms with van der Waals surface area (Å²) in [6, 6.07) is 6.30. The maximum absolute atomic E-state index is 11.3. The van der Waals surface area contributed by atoms with Crippen molar-refractivity contribution >= 4 is 41.1 Å². The number of carbonyl (C=O) groups excluding carboxylic acids is 2. The Balaban J connectivity index is 0. The van der Waals surface area contributed by atoms with E-state index in [-0.39, 0.29) is 58.3 Å². The van der Waals surface area contributed by atoms with Crippen molar-refractivity contribution in [3.63, 3.8) is 0 Å². The average Bonchev–Trinajstić information content (AvgIpc) is 3.61. The summed E-state index contributed by atoms with van der Waals surface area (Å²) in [7, 11) is 2.63. The molecule has 0 saturated carbocycles. The van der Waals surface area contributed by atoms with Crippen LogP contribution >= 0.6 is 23.2 Å². The average molecular weight is 597 g/mol. The largest absolute Gasteiger partial charge is 1.00 e. The summed E-state index contributed by atoms with van der Waals surface area (Å²) in [5, 5.41) is 8.75. The van der Waals surface area contributed by atoms with E-state index in [0.29, 0.717) is 11.6 Å². The Morgan fingerprint density at radius 3 is 1.50 bits per heavy atom. The normalized spacial score (nSPS) is 10.4. The number of ether oxygens (including phenoxy) is 2. The van der Waals surface area contributed by atoms with Crippen LogP contribution in [0.3, 0.4) is 0 Å². The van der Waals surface area contributed by atoms with Gasteiger partial charge in [-0.25, -0.2) is 14.4 Å². The number of carboxylic acids is 1. The van der Waals surface area contributed by atoms with Crippen LogP contribution in [-0.4, -0.2) is 42.7 Å². The molecule has 10 nitrogen and oxygen atoms in total. The van der Waals surface area contributed by atoms with Gasteiger partial charge in [0.05, 0.1) is 32.2 Å². The van der Waals surface area contributed by atoms with Gasteiger partial charge in [-0.2, -0.15) is 0 Å². The van der Waals surface area contributed by atoms with Gasteiger partial charge in [0, 0.05) is 22.0 Å². The SMILES string of the molecule is CC(C)(C)c1oc(C(=O)O)cc1CCl.COC(=O)c1cc(CCl)c(C(C)(C)C)o1.COC(=O)c1ccco1.[Li+].[OH-]. The summed E-state index contributed by atoms with van der Waals surface area (Å²) in [6.45, 7) is 11.9. The van der Waals surface area contributed by atoms with E-state index in [1.165, 1.54) is 26.5 Å². The molecule has 0 atom stereocenters. The van der Waals surface area contributed by atoms with E-state index in [9.17, 15) is 14.4 Å². The van der Waals surface area contributed by atoms with Crippen LogP contribution in [0.4, 0.5) is 0 Å². The molecule has 0 aliphatic heterocycles. The smallest absolute Gasteiger partial charge is 0.870 e. The van der Waals surface area contributed by atoms with E-state index >= 15 is 0 Å². The number of carbonyl (C=O) groups is 3. The van der Waals surface area contributed by atoms with Crippen molar-refractivity contribution in [3.05, 3.63) is 70.5 Å². The molecule has 3 heterocycles. The van der Waals surface area contributed by atoms with Crippen LogP contribution in [0, 0.1) is 0 Å². The summed E-state index contributed by atoms with van der Waals surface area (Å²) in [5.41, 5.74) is 1.19. The Labute approximate surface area is 255 Å².